The molecule has 1 N–H and O–H groups in total. The molecule has 2 aromatic rings. The summed E-state index contributed by atoms with van der Waals surface area (Å²) >= 11 is 5.46. The molecule has 0 aliphatic carbocycles. The van der Waals surface area contributed by atoms with Gasteiger partial charge in [0, 0.05) is 18.8 Å². The van der Waals surface area contributed by atoms with Crippen LogP contribution in [0.15, 0.2) is 36.4 Å². The minimum atomic E-state index is -4.44. The molecular weight excluding hydrogens is 413 g/mol. The lowest BCUT2D eigenvalue weighted by atomic mass is 10.0. The lowest BCUT2D eigenvalue weighted by molar-refractivity contribution is -0.137. The van der Waals surface area contributed by atoms with Crippen molar-refractivity contribution in [2.75, 3.05) is 18.4 Å². The largest absolute Gasteiger partial charge is 0.457 e. The van der Waals surface area contributed by atoms with Gasteiger partial charge in [-0.05, 0) is 79.9 Å². The number of carbonyl (C=O) groups is 1. The predicted octanol–water partition coefficient (Wildman–Crippen LogP) is 5.47. The topological polar surface area (TPSA) is 41.6 Å². The minimum absolute atomic E-state index is 0.236. The molecule has 0 radical (unpaired) electrons. The number of aryl methyl sites for hydroxylation is 2. The van der Waals surface area contributed by atoms with E-state index in [9.17, 15) is 18.0 Å². The van der Waals surface area contributed by atoms with E-state index in [0.717, 1.165) is 49.3 Å². The van der Waals surface area contributed by atoms with Crippen LogP contribution < -0.4 is 5.32 Å². The van der Waals surface area contributed by atoms with Gasteiger partial charge in [-0.25, -0.2) is 4.79 Å². The number of nitrogens with zero attached hydrogens (tertiary/aromatic N) is 1. The van der Waals surface area contributed by atoms with Gasteiger partial charge >= 0.3 is 12.1 Å². The highest BCUT2D eigenvalue weighted by Crippen LogP contribution is 2.30. The number of hydrogen-bond donors (Lipinski definition) is 1. The minimum Gasteiger partial charge on any atom is -0.457 e. The number of nitrogens with one attached hydrogen (secondary N) is 1. The first-order valence-electron chi connectivity index (χ1n) is 9.65. The van der Waals surface area contributed by atoms with E-state index in [-0.39, 0.29) is 12.2 Å². The Morgan fingerprint density at radius 3 is 2.50 bits per heavy atom. The van der Waals surface area contributed by atoms with Crippen LogP contribution in [-0.2, 0) is 17.5 Å². The normalized spacial score (nSPS) is 14.0. The number of halogens is 3. The lowest BCUT2D eigenvalue weighted by Crippen LogP contribution is -2.32. The summed E-state index contributed by atoms with van der Waals surface area (Å²) in [6, 6.07) is 8.30. The third kappa shape index (κ3) is 5.30. The van der Waals surface area contributed by atoms with Gasteiger partial charge < -0.3 is 15.0 Å². The third-order valence-electron chi connectivity index (χ3n) is 5.05. The summed E-state index contributed by atoms with van der Waals surface area (Å²) < 4.78 is 43.7. The standard InChI is InChI=1S/C22H23F3N2O2S/c1-14-11-19(26-21(30)27-8-3-4-9-27)15(2)10-18(14)20(28)29-13-16-6-5-7-17(12-16)22(23,24)25/h5-7,10-12H,3-4,8-9,13H2,1-2H3,(H,26,30). The van der Waals surface area contributed by atoms with E-state index in [1.165, 1.54) is 12.1 Å². The van der Waals surface area contributed by atoms with Crippen LogP contribution in [0.1, 0.15) is 45.5 Å². The molecule has 1 saturated heterocycles. The molecule has 30 heavy (non-hydrogen) atoms. The molecular formula is C22H23F3N2O2S. The van der Waals surface area contributed by atoms with Gasteiger partial charge in [0.05, 0.1) is 11.1 Å². The van der Waals surface area contributed by atoms with Gasteiger partial charge in [0.25, 0.3) is 0 Å². The summed E-state index contributed by atoms with van der Waals surface area (Å²) in [7, 11) is 0. The Morgan fingerprint density at radius 2 is 1.83 bits per heavy atom. The molecule has 3 rings (SSSR count). The average Bonchev–Trinajstić information content (AvgIpc) is 3.23. The molecule has 2 aromatic carbocycles. The van der Waals surface area contributed by atoms with Gasteiger partial charge in [-0.15, -0.1) is 0 Å². The first kappa shape index (κ1) is 22.1. The maximum Gasteiger partial charge on any atom is 0.416 e. The van der Waals surface area contributed by atoms with Crippen LogP contribution in [0.3, 0.4) is 0 Å². The van der Waals surface area contributed by atoms with Crippen molar-refractivity contribution in [3.05, 3.63) is 64.2 Å². The first-order valence-corrected chi connectivity index (χ1v) is 10.1. The zero-order valence-corrected chi connectivity index (χ0v) is 17.6. The molecule has 1 aliphatic heterocycles. The molecule has 0 amide bonds. The fraction of sp³-hybridized carbons (Fsp3) is 0.364. The van der Waals surface area contributed by atoms with Crippen molar-refractivity contribution in [1.82, 2.24) is 4.90 Å². The Labute approximate surface area is 179 Å². The number of thiocarbonyl (C=S) groups is 1. The van der Waals surface area contributed by atoms with Gasteiger partial charge in [-0.3, -0.25) is 0 Å². The van der Waals surface area contributed by atoms with Crippen molar-refractivity contribution < 1.29 is 22.7 Å². The number of alkyl halides is 3. The number of likely N-dealkylation sites (tertiary alicyclic amines) is 1. The molecule has 0 saturated carbocycles. The van der Waals surface area contributed by atoms with Crippen molar-refractivity contribution in [2.24, 2.45) is 0 Å². The molecule has 0 unspecified atom stereocenters. The fourth-order valence-corrected chi connectivity index (χ4v) is 3.64. The molecule has 1 heterocycles. The second kappa shape index (κ2) is 9.04. The molecule has 1 aliphatic rings. The quantitative estimate of drug-likeness (QED) is 0.508. The number of hydrogen-bond acceptors (Lipinski definition) is 3. The number of esters is 1. The zero-order valence-electron chi connectivity index (χ0n) is 16.8. The van der Waals surface area contributed by atoms with E-state index >= 15 is 0 Å². The SMILES string of the molecule is Cc1cc(C(=O)OCc2cccc(C(F)(F)F)c2)c(C)cc1NC(=S)N1CCCC1. The molecule has 1 fully saturated rings. The van der Waals surface area contributed by atoms with Crippen LogP contribution >= 0.6 is 12.2 Å². The van der Waals surface area contributed by atoms with Crippen molar-refractivity contribution in [3.63, 3.8) is 0 Å². The Kier molecular flexibility index (Phi) is 6.65. The van der Waals surface area contributed by atoms with Crippen molar-refractivity contribution in [2.45, 2.75) is 39.5 Å². The predicted molar refractivity (Wildman–Crippen MR) is 114 cm³/mol. The number of ether oxygens (including phenoxy) is 1. The van der Waals surface area contributed by atoms with E-state index < -0.39 is 17.7 Å². The second-order valence-electron chi connectivity index (χ2n) is 7.38. The van der Waals surface area contributed by atoms with Crippen LogP contribution in [0, 0.1) is 13.8 Å². The lowest BCUT2D eigenvalue weighted by Gasteiger charge is -2.21. The van der Waals surface area contributed by atoms with E-state index in [1.54, 1.807) is 13.0 Å². The molecule has 0 bridgehead atoms. The van der Waals surface area contributed by atoms with Crippen LogP contribution in [0.5, 0.6) is 0 Å². The number of rotatable bonds is 4. The number of benzene rings is 2. The van der Waals surface area contributed by atoms with Gasteiger partial charge in [0.15, 0.2) is 5.11 Å². The van der Waals surface area contributed by atoms with Gasteiger partial charge in [0.2, 0.25) is 0 Å². The van der Waals surface area contributed by atoms with Gasteiger partial charge in [-0.2, -0.15) is 13.2 Å². The molecule has 4 nitrogen and oxygen atoms in total. The smallest absolute Gasteiger partial charge is 0.416 e. The monoisotopic (exact) mass is 436 g/mol. The van der Waals surface area contributed by atoms with Crippen LogP contribution in [-0.4, -0.2) is 29.1 Å². The first-order chi connectivity index (χ1) is 14.1. The second-order valence-corrected chi connectivity index (χ2v) is 7.77. The third-order valence-corrected chi connectivity index (χ3v) is 5.41. The summed E-state index contributed by atoms with van der Waals surface area (Å²) in [4.78, 5) is 14.6. The summed E-state index contributed by atoms with van der Waals surface area (Å²) in [5, 5.41) is 3.90. The molecule has 8 heteroatoms. The molecule has 0 atom stereocenters. The highest BCUT2D eigenvalue weighted by atomic mass is 32.1. The summed E-state index contributed by atoms with van der Waals surface area (Å²) in [5.41, 5.74) is 2.22. The Hall–Kier alpha value is -2.61. The molecule has 0 spiro atoms. The maximum absolute atomic E-state index is 12.8. The van der Waals surface area contributed by atoms with Crippen molar-refractivity contribution >= 4 is 29.0 Å². The zero-order chi connectivity index (χ0) is 21.9. The Morgan fingerprint density at radius 1 is 1.13 bits per heavy atom. The van der Waals surface area contributed by atoms with Crippen molar-refractivity contribution in [1.29, 1.82) is 0 Å². The molecule has 0 aromatic heterocycles. The summed E-state index contributed by atoms with van der Waals surface area (Å²) in [6.07, 6.45) is -2.20. The Balaban J connectivity index is 1.67. The van der Waals surface area contributed by atoms with Crippen LogP contribution in [0.4, 0.5) is 18.9 Å². The van der Waals surface area contributed by atoms with E-state index in [2.05, 4.69) is 10.2 Å². The van der Waals surface area contributed by atoms with Crippen LogP contribution in [0.25, 0.3) is 0 Å². The average molecular weight is 436 g/mol. The van der Waals surface area contributed by atoms with Gasteiger partial charge in [-0.1, -0.05) is 12.1 Å². The maximum atomic E-state index is 12.8. The summed E-state index contributed by atoms with van der Waals surface area (Å²) in [6.45, 7) is 5.27. The Bertz CT molecular complexity index is 954. The summed E-state index contributed by atoms with van der Waals surface area (Å²) in [5.74, 6) is -0.582. The van der Waals surface area contributed by atoms with Crippen LogP contribution in [0.2, 0.25) is 0 Å². The van der Waals surface area contributed by atoms with Crippen molar-refractivity contribution in [3.8, 4) is 0 Å². The fourth-order valence-electron chi connectivity index (χ4n) is 3.35. The number of carbonyl (C=O) groups excluding carboxylic acids is 1. The highest BCUT2D eigenvalue weighted by Gasteiger charge is 2.30. The number of anilines is 1. The van der Waals surface area contributed by atoms with E-state index in [4.69, 9.17) is 17.0 Å². The highest BCUT2D eigenvalue weighted by molar-refractivity contribution is 7.80. The van der Waals surface area contributed by atoms with Gasteiger partial charge in [0.1, 0.15) is 6.61 Å². The van der Waals surface area contributed by atoms with E-state index in [1.807, 2.05) is 13.0 Å². The molecule has 160 valence electrons. The van der Waals surface area contributed by atoms with E-state index in [0.29, 0.717) is 16.2 Å².